The first kappa shape index (κ1) is 11.4. The standard InChI is InChI=1S/C12H13ClO3/c13-11-5-1-3-9(7-14)12(11)16-8-10-4-2-6-15-10/h1,3,5,7,10H,2,4,6,8H2. The third kappa shape index (κ3) is 2.54. The number of aldehydes is 1. The number of carbonyl (C=O) groups is 1. The number of hydrogen-bond donors (Lipinski definition) is 0. The Morgan fingerprint density at radius 2 is 2.44 bits per heavy atom. The quantitative estimate of drug-likeness (QED) is 0.759. The number of para-hydroxylation sites is 1. The molecule has 0 bridgehead atoms. The van der Waals surface area contributed by atoms with Crippen LogP contribution in [0.3, 0.4) is 0 Å². The Kier molecular flexibility index (Phi) is 3.80. The summed E-state index contributed by atoms with van der Waals surface area (Å²) in [5.41, 5.74) is 0.477. The number of benzene rings is 1. The molecule has 0 amide bonds. The molecule has 1 aromatic rings. The summed E-state index contributed by atoms with van der Waals surface area (Å²) in [6.45, 7) is 1.24. The molecular weight excluding hydrogens is 228 g/mol. The van der Waals surface area contributed by atoms with E-state index < -0.39 is 0 Å². The van der Waals surface area contributed by atoms with Crippen molar-refractivity contribution in [2.24, 2.45) is 0 Å². The zero-order valence-corrected chi connectivity index (χ0v) is 9.57. The van der Waals surface area contributed by atoms with Gasteiger partial charge in [0.05, 0.1) is 16.7 Å². The maximum absolute atomic E-state index is 10.8. The smallest absolute Gasteiger partial charge is 0.153 e. The number of halogens is 1. The lowest BCUT2D eigenvalue weighted by Gasteiger charge is -2.13. The Bertz CT molecular complexity index is 373. The van der Waals surface area contributed by atoms with Crippen LogP contribution in [0.25, 0.3) is 0 Å². The number of hydrogen-bond acceptors (Lipinski definition) is 3. The highest BCUT2D eigenvalue weighted by Crippen LogP contribution is 2.28. The van der Waals surface area contributed by atoms with Gasteiger partial charge in [-0.05, 0) is 25.0 Å². The maximum Gasteiger partial charge on any atom is 0.153 e. The van der Waals surface area contributed by atoms with E-state index in [4.69, 9.17) is 21.1 Å². The molecule has 1 aliphatic heterocycles. The Morgan fingerprint density at radius 3 is 3.12 bits per heavy atom. The van der Waals surface area contributed by atoms with Gasteiger partial charge in [0.1, 0.15) is 12.4 Å². The van der Waals surface area contributed by atoms with Gasteiger partial charge in [0.15, 0.2) is 6.29 Å². The molecule has 0 spiro atoms. The summed E-state index contributed by atoms with van der Waals surface area (Å²) in [7, 11) is 0. The molecule has 0 radical (unpaired) electrons. The average Bonchev–Trinajstić information content (AvgIpc) is 2.80. The van der Waals surface area contributed by atoms with Crippen LogP contribution in [-0.4, -0.2) is 25.6 Å². The van der Waals surface area contributed by atoms with E-state index in [-0.39, 0.29) is 6.10 Å². The van der Waals surface area contributed by atoms with Crippen molar-refractivity contribution in [1.29, 1.82) is 0 Å². The second-order valence-electron chi connectivity index (χ2n) is 3.72. The summed E-state index contributed by atoms with van der Waals surface area (Å²) in [5.74, 6) is 0.453. The molecule has 1 fully saturated rings. The first-order valence-corrected chi connectivity index (χ1v) is 5.67. The summed E-state index contributed by atoms with van der Waals surface area (Å²) in [6.07, 6.45) is 2.94. The predicted octanol–water partition coefficient (Wildman–Crippen LogP) is 2.71. The molecule has 86 valence electrons. The van der Waals surface area contributed by atoms with Crippen LogP contribution in [0.5, 0.6) is 5.75 Å². The summed E-state index contributed by atoms with van der Waals surface area (Å²) < 4.78 is 11.0. The van der Waals surface area contributed by atoms with Gasteiger partial charge in [-0.1, -0.05) is 17.7 Å². The highest BCUT2D eigenvalue weighted by molar-refractivity contribution is 6.32. The predicted molar refractivity (Wildman–Crippen MR) is 61.3 cm³/mol. The zero-order valence-electron chi connectivity index (χ0n) is 8.82. The van der Waals surface area contributed by atoms with Crippen molar-refractivity contribution < 1.29 is 14.3 Å². The second-order valence-corrected chi connectivity index (χ2v) is 4.13. The summed E-state index contributed by atoms with van der Waals surface area (Å²) in [4.78, 5) is 10.8. The van der Waals surface area contributed by atoms with Crippen LogP contribution >= 0.6 is 11.6 Å². The summed E-state index contributed by atoms with van der Waals surface area (Å²) in [5, 5.41) is 0.461. The third-order valence-corrected chi connectivity index (χ3v) is 2.86. The van der Waals surface area contributed by atoms with Crippen molar-refractivity contribution in [3.05, 3.63) is 28.8 Å². The molecule has 1 saturated heterocycles. The van der Waals surface area contributed by atoms with Gasteiger partial charge in [-0.2, -0.15) is 0 Å². The van der Waals surface area contributed by atoms with Gasteiger partial charge >= 0.3 is 0 Å². The van der Waals surface area contributed by atoms with Crippen LogP contribution in [0.2, 0.25) is 5.02 Å². The van der Waals surface area contributed by atoms with Crippen molar-refractivity contribution in [3.8, 4) is 5.75 Å². The lowest BCUT2D eigenvalue weighted by molar-refractivity contribution is 0.0675. The highest BCUT2D eigenvalue weighted by atomic mass is 35.5. The van der Waals surface area contributed by atoms with Crippen molar-refractivity contribution in [2.45, 2.75) is 18.9 Å². The van der Waals surface area contributed by atoms with E-state index in [1.54, 1.807) is 18.2 Å². The first-order valence-electron chi connectivity index (χ1n) is 5.29. The molecule has 4 heteroatoms. The Hall–Kier alpha value is -1.06. The van der Waals surface area contributed by atoms with Gasteiger partial charge in [-0.15, -0.1) is 0 Å². The second kappa shape index (κ2) is 5.32. The number of ether oxygens (including phenoxy) is 2. The molecule has 16 heavy (non-hydrogen) atoms. The molecule has 1 aliphatic rings. The van der Waals surface area contributed by atoms with Gasteiger partial charge in [-0.3, -0.25) is 4.79 Å². The first-order chi connectivity index (χ1) is 7.81. The van der Waals surface area contributed by atoms with E-state index in [0.29, 0.717) is 22.9 Å². The van der Waals surface area contributed by atoms with E-state index >= 15 is 0 Å². The average molecular weight is 241 g/mol. The van der Waals surface area contributed by atoms with Gasteiger partial charge in [0.25, 0.3) is 0 Å². The van der Waals surface area contributed by atoms with Crippen molar-refractivity contribution in [2.75, 3.05) is 13.2 Å². The van der Waals surface area contributed by atoms with Gasteiger partial charge in [0.2, 0.25) is 0 Å². The maximum atomic E-state index is 10.8. The van der Waals surface area contributed by atoms with Gasteiger partial charge in [0, 0.05) is 6.61 Å². The fraction of sp³-hybridized carbons (Fsp3) is 0.417. The Morgan fingerprint density at radius 1 is 1.56 bits per heavy atom. The summed E-state index contributed by atoms with van der Waals surface area (Å²) >= 11 is 5.97. The molecule has 0 N–H and O–H groups in total. The molecule has 3 nitrogen and oxygen atoms in total. The fourth-order valence-corrected chi connectivity index (χ4v) is 1.96. The Balaban J connectivity index is 2.04. The molecule has 2 rings (SSSR count). The topological polar surface area (TPSA) is 35.5 Å². The van der Waals surface area contributed by atoms with Crippen molar-refractivity contribution in [1.82, 2.24) is 0 Å². The van der Waals surface area contributed by atoms with E-state index in [9.17, 15) is 4.79 Å². The SMILES string of the molecule is O=Cc1cccc(Cl)c1OCC1CCCO1. The third-order valence-electron chi connectivity index (χ3n) is 2.56. The number of rotatable bonds is 4. The molecular formula is C12H13ClO3. The van der Waals surface area contributed by atoms with Crippen LogP contribution in [-0.2, 0) is 4.74 Å². The van der Waals surface area contributed by atoms with Gasteiger partial charge < -0.3 is 9.47 Å². The van der Waals surface area contributed by atoms with Crippen LogP contribution in [0.1, 0.15) is 23.2 Å². The minimum Gasteiger partial charge on any atom is -0.489 e. The largest absolute Gasteiger partial charge is 0.489 e. The highest BCUT2D eigenvalue weighted by Gasteiger charge is 2.17. The van der Waals surface area contributed by atoms with Crippen molar-refractivity contribution >= 4 is 17.9 Å². The number of carbonyl (C=O) groups excluding carboxylic acids is 1. The van der Waals surface area contributed by atoms with E-state index in [2.05, 4.69) is 0 Å². The molecule has 0 aromatic heterocycles. The van der Waals surface area contributed by atoms with E-state index in [1.807, 2.05) is 0 Å². The van der Waals surface area contributed by atoms with Gasteiger partial charge in [-0.25, -0.2) is 0 Å². The Labute approximate surface area is 99.3 Å². The lowest BCUT2D eigenvalue weighted by atomic mass is 10.2. The molecule has 0 aliphatic carbocycles. The van der Waals surface area contributed by atoms with Crippen molar-refractivity contribution in [3.63, 3.8) is 0 Å². The molecule has 1 aromatic carbocycles. The molecule has 1 heterocycles. The normalized spacial score (nSPS) is 19.7. The molecule has 1 unspecified atom stereocenters. The molecule has 1 atom stereocenters. The monoisotopic (exact) mass is 240 g/mol. The lowest BCUT2D eigenvalue weighted by Crippen LogP contribution is -2.17. The zero-order chi connectivity index (χ0) is 11.4. The van der Waals surface area contributed by atoms with Crippen LogP contribution in [0.4, 0.5) is 0 Å². The van der Waals surface area contributed by atoms with E-state index in [0.717, 1.165) is 25.7 Å². The van der Waals surface area contributed by atoms with E-state index in [1.165, 1.54) is 0 Å². The molecule has 0 saturated carbocycles. The minimum absolute atomic E-state index is 0.121. The summed E-state index contributed by atoms with van der Waals surface area (Å²) in [6, 6.07) is 5.12. The minimum atomic E-state index is 0.121. The fourth-order valence-electron chi connectivity index (χ4n) is 1.72. The van der Waals surface area contributed by atoms with Crippen LogP contribution in [0, 0.1) is 0 Å². The van der Waals surface area contributed by atoms with Crippen LogP contribution < -0.4 is 4.74 Å². The van der Waals surface area contributed by atoms with Crippen LogP contribution in [0.15, 0.2) is 18.2 Å².